The summed E-state index contributed by atoms with van der Waals surface area (Å²) in [6, 6.07) is 2.65. The summed E-state index contributed by atoms with van der Waals surface area (Å²) < 4.78 is 5.05. The van der Waals surface area contributed by atoms with Crippen molar-refractivity contribution in [2.24, 2.45) is 5.92 Å². The molecule has 2 aliphatic heterocycles. The summed E-state index contributed by atoms with van der Waals surface area (Å²) in [6.07, 6.45) is 3.94. The molecule has 0 bridgehead atoms. The van der Waals surface area contributed by atoms with E-state index >= 15 is 0 Å². The van der Waals surface area contributed by atoms with E-state index in [0.29, 0.717) is 32.5 Å². The van der Waals surface area contributed by atoms with E-state index in [1.165, 1.54) is 0 Å². The van der Waals surface area contributed by atoms with E-state index in [4.69, 9.17) is 4.74 Å². The van der Waals surface area contributed by atoms with Crippen LogP contribution in [0.5, 0.6) is 0 Å². The Morgan fingerprint density at radius 3 is 2.41 bits per heavy atom. The van der Waals surface area contributed by atoms with Crippen molar-refractivity contribution in [2.75, 3.05) is 19.7 Å². The number of rotatable bonds is 5. The normalized spacial score (nSPS) is 20.6. The fraction of sp³-hybridized carbons (Fsp3) is 0.524. The van der Waals surface area contributed by atoms with E-state index < -0.39 is 17.7 Å². The van der Waals surface area contributed by atoms with Crippen LogP contribution in [0.3, 0.4) is 0 Å². The largest absolute Gasteiger partial charge is 0.503 e. The number of ether oxygens (including phenoxy) is 1. The van der Waals surface area contributed by atoms with Crippen molar-refractivity contribution in [1.29, 1.82) is 0 Å². The van der Waals surface area contributed by atoms with Crippen molar-refractivity contribution in [3.8, 4) is 0 Å². The number of aromatic nitrogens is 1. The summed E-state index contributed by atoms with van der Waals surface area (Å²) in [5.41, 5.74) is 0.873. The van der Waals surface area contributed by atoms with Crippen LogP contribution in [0.1, 0.15) is 45.2 Å². The van der Waals surface area contributed by atoms with Crippen LogP contribution in [-0.4, -0.2) is 63.4 Å². The molecule has 0 saturated carbocycles. The lowest BCUT2D eigenvalue weighted by Crippen LogP contribution is -2.48. The molecule has 0 aromatic carbocycles. The van der Waals surface area contributed by atoms with Crippen molar-refractivity contribution in [2.45, 2.75) is 45.7 Å². The molecule has 0 aliphatic carbocycles. The number of aliphatic hydroxyl groups is 1. The Balaban J connectivity index is 1.89. The Morgan fingerprint density at radius 2 is 1.86 bits per heavy atom. The number of likely N-dealkylation sites (tertiary alicyclic amines) is 1. The third-order valence-corrected chi connectivity index (χ3v) is 5.44. The van der Waals surface area contributed by atoms with Crippen LogP contribution in [0.15, 0.2) is 35.9 Å². The number of hydrogen-bond acceptors (Lipinski definition) is 6. The highest BCUT2D eigenvalue weighted by atomic mass is 16.6. The number of Topliss-reactive ketones (excluding diaryl/α,β-unsaturated/α-hetero) is 1. The Morgan fingerprint density at radius 1 is 1.24 bits per heavy atom. The van der Waals surface area contributed by atoms with Crippen molar-refractivity contribution < 1.29 is 24.2 Å². The molecule has 0 radical (unpaired) electrons. The van der Waals surface area contributed by atoms with E-state index in [9.17, 15) is 19.5 Å². The molecule has 1 N–H and O–H groups in total. The Kier molecular flexibility index (Phi) is 6.20. The lowest BCUT2D eigenvalue weighted by molar-refractivity contribution is -0.132. The number of pyridine rings is 1. The quantitative estimate of drug-likeness (QED) is 0.814. The fourth-order valence-electron chi connectivity index (χ4n) is 3.98. The number of piperidine rings is 1. The molecule has 2 amide bonds. The number of ketones is 1. The topological polar surface area (TPSA) is 100 Å². The number of aliphatic hydroxyl groups excluding tert-OH is 1. The molecule has 1 aromatic heterocycles. The smallest absolute Gasteiger partial charge is 0.409 e. The number of amides is 2. The summed E-state index contributed by atoms with van der Waals surface area (Å²) >= 11 is 0. The number of carbonyl (C=O) groups excluding carboxylic acids is 3. The second-order valence-corrected chi connectivity index (χ2v) is 7.59. The highest BCUT2D eigenvalue weighted by Crippen LogP contribution is 2.41. The zero-order valence-electron chi connectivity index (χ0n) is 17.0. The summed E-state index contributed by atoms with van der Waals surface area (Å²) in [6.45, 7) is 6.46. The minimum Gasteiger partial charge on any atom is -0.503 e. The van der Waals surface area contributed by atoms with Crippen molar-refractivity contribution >= 4 is 17.8 Å². The van der Waals surface area contributed by atoms with Gasteiger partial charge in [-0.2, -0.15) is 0 Å². The van der Waals surface area contributed by atoms with Gasteiger partial charge in [0.1, 0.15) is 0 Å². The molecule has 156 valence electrons. The summed E-state index contributed by atoms with van der Waals surface area (Å²) in [4.78, 5) is 45.0. The molecule has 8 nitrogen and oxygen atoms in total. The first-order chi connectivity index (χ1) is 13.9. The zero-order chi connectivity index (χ0) is 21.1. The third kappa shape index (κ3) is 3.97. The summed E-state index contributed by atoms with van der Waals surface area (Å²) in [5.74, 6) is -1.61. The monoisotopic (exact) mass is 401 g/mol. The molecule has 1 aromatic rings. The molecule has 3 heterocycles. The molecule has 3 rings (SSSR count). The van der Waals surface area contributed by atoms with Crippen LogP contribution in [0.25, 0.3) is 0 Å². The first-order valence-corrected chi connectivity index (χ1v) is 9.98. The van der Waals surface area contributed by atoms with E-state index in [1.807, 2.05) is 0 Å². The fourth-order valence-corrected chi connectivity index (χ4v) is 3.98. The average molecular weight is 401 g/mol. The lowest BCUT2D eigenvalue weighted by Gasteiger charge is -2.39. The highest BCUT2D eigenvalue weighted by molar-refractivity contribution is 6.09. The van der Waals surface area contributed by atoms with Gasteiger partial charge in [0.25, 0.3) is 5.91 Å². The minimum absolute atomic E-state index is 0.143. The van der Waals surface area contributed by atoms with Crippen LogP contribution in [0, 0.1) is 5.92 Å². The molecule has 2 aliphatic rings. The van der Waals surface area contributed by atoms with E-state index in [0.717, 1.165) is 5.56 Å². The molecule has 8 heteroatoms. The maximum absolute atomic E-state index is 13.0. The summed E-state index contributed by atoms with van der Waals surface area (Å²) in [5, 5.41) is 10.6. The first-order valence-electron chi connectivity index (χ1n) is 9.98. The van der Waals surface area contributed by atoms with Gasteiger partial charge in [-0.15, -0.1) is 0 Å². The standard InChI is InChI=1S/C21H27N3O5/c1-4-29-21(28)23-11-7-15(8-12-23)24-17(14-5-9-22-10-6-14)16(18(25)13(2)3)19(26)20(24)27/h5-6,9-10,13,15,17,26H,4,7-8,11-12H2,1-3H3. The Hall–Kier alpha value is -2.90. The molecule has 29 heavy (non-hydrogen) atoms. The van der Waals surface area contributed by atoms with Crippen molar-refractivity contribution in [1.82, 2.24) is 14.8 Å². The highest BCUT2D eigenvalue weighted by Gasteiger charge is 2.47. The predicted octanol–water partition coefficient (Wildman–Crippen LogP) is 2.62. The maximum atomic E-state index is 13.0. The van der Waals surface area contributed by atoms with Crippen LogP contribution >= 0.6 is 0 Å². The molecule has 1 atom stereocenters. The second kappa shape index (κ2) is 8.63. The molecule has 1 fully saturated rings. The van der Waals surface area contributed by atoms with Gasteiger partial charge in [0.2, 0.25) is 0 Å². The molecular formula is C21H27N3O5. The van der Waals surface area contributed by atoms with Gasteiger partial charge in [0, 0.05) is 37.4 Å². The second-order valence-electron chi connectivity index (χ2n) is 7.59. The van der Waals surface area contributed by atoms with Gasteiger partial charge in [0.15, 0.2) is 11.5 Å². The van der Waals surface area contributed by atoms with Crippen molar-refractivity contribution in [3.05, 3.63) is 41.4 Å². The van der Waals surface area contributed by atoms with Gasteiger partial charge in [-0.1, -0.05) is 13.8 Å². The maximum Gasteiger partial charge on any atom is 0.409 e. The molecule has 1 unspecified atom stereocenters. The van der Waals surface area contributed by atoms with E-state index in [2.05, 4.69) is 4.98 Å². The molecule has 1 saturated heterocycles. The summed E-state index contributed by atoms with van der Waals surface area (Å²) in [7, 11) is 0. The number of nitrogens with zero attached hydrogens (tertiary/aromatic N) is 3. The third-order valence-electron chi connectivity index (χ3n) is 5.44. The van der Waals surface area contributed by atoms with Gasteiger partial charge in [0.05, 0.1) is 18.2 Å². The van der Waals surface area contributed by atoms with Crippen LogP contribution in [-0.2, 0) is 14.3 Å². The van der Waals surface area contributed by atoms with Crippen LogP contribution in [0.2, 0.25) is 0 Å². The van der Waals surface area contributed by atoms with Gasteiger partial charge < -0.3 is 19.6 Å². The number of carbonyl (C=O) groups is 3. The molecular weight excluding hydrogens is 374 g/mol. The number of hydrogen-bond donors (Lipinski definition) is 1. The van der Waals surface area contributed by atoms with Gasteiger partial charge in [-0.05, 0) is 37.5 Å². The SMILES string of the molecule is CCOC(=O)N1CCC(N2C(=O)C(O)=C(C(=O)C(C)C)C2c2ccncc2)CC1. The predicted molar refractivity (Wildman–Crippen MR) is 105 cm³/mol. The van der Waals surface area contributed by atoms with Crippen LogP contribution < -0.4 is 0 Å². The van der Waals surface area contributed by atoms with Crippen molar-refractivity contribution in [3.63, 3.8) is 0 Å². The van der Waals surface area contributed by atoms with Gasteiger partial charge in [-0.3, -0.25) is 14.6 Å². The zero-order valence-corrected chi connectivity index (χ0v) is 17.0. The van der Waals surface area contributed by atoms with Gasteiger partial charge in [-0.25, -0.2) is 4.79 Å². The minimum atomic E-state index is -0.653. The first kappa shape index (κ1) is 20.8. The van der Waals surface area contributed by atoms with Gasteiger partial charge >= 0.3 is 6.09 Å². The lowest BCUT2D eigenvalue weighted by atomic mass is 9.90. The average Bonchev–Trinajstić information content (AvgIpc) is 2.99. The van der Waals surface area contributed by atoms with Crippen LogP contribution in [0.4, 0.5) is 4.79 Å². The Labute approximate surface area is 170 Å². The Bertz CT molecular complexity index is 813. The van der Waals surface area contributed by atoms with E-state index in [-0.39, 0.29) is 29.4 Å². The molecule has 0 spiro atoms. The van der Waals surface area contributed by atoms with E-state index in [1.54, 1.807) is 55.1 Å².